The van der Waals surface area contributed by atoms with Crippen molar-refractivity contribution in [3.8, 4) is 17.2 Å². The van der Waals surface area contributed by atoms with Crippen LogP contribution in [0.15, 0.2) is 79.1 Å². The van der Waals surface area contributed by atoms with Crippen LogP contribution in [0.25, 0.3) is 0 Å². The first-order chi connectivity index (χ1) is 26.3. The summed E-state index contributed by atoms with van der Waals surface area (Å²) in [4.78, 5) is 57.4. The summed E-state index contributed by atoms with van der Waals surface area (Å²) in [6.45, 7) is 8.25. The quantitative estimate of drug-likeness (QED) is 0.0530. The number of carbonyl (C=O) groups excluding carboxylic acids is 4. The van der Waals surface area contributed by atoms with Crippen LogP contribution >= 0.6 is 0 Å². The standard InChI is InChI=1S/C42H51N5O8/c1-28-16-19-33(35(27-28)54-25-11-7-8-15-36(48)46-29-20-23-44-24-21-29)47(5)40(50)31-17-18-32(39(52-6)37(31)43)38(49)30-13-9-10-14-34(30)53-26-12-22-45-41(51)55-42(2,3)4/h9-10,13-14,16-21,23-24,27H,7-8,11-12,15,22,25-26,43H2,1-6H3,(H,45,51)(H,44,46,48). The molecule has 0 aliphatic carbocycles. The van der Waals surface area contributed by atoms with Crippen LogP contribution < -0.4 is 35.5 Å². The number of benzene rings is 3. The van der Waals surface area contributed by atoms with Crippen LogP contribution in [-0.4, -0.2) is 68.2 Å². The van der Waals surface area contributed by atoms with Crippen LogP contribution in [-0.2, 0) is 9.53 Å². The van der Waals surface area contributed by atoms with Crippen LogP contribution in [0.1, 0.15) is 84.7 Å². The minimum absolute atomic E-state index is 0.0133. The lowest BCUT2D eigenvalue weighted by Gasteiger charge is -2.23. The molecule has 55 heavy (non-hydrogen) atoms. The number of anilines is 3. The average Bonchev–Trinajstić information content (AvgIpc) is 3.15. The SMILES string of the molecule is COc1c(C(=O)c2ccccc2OCCCNC(=O)OC(C)(C)C)ccc(C(=O)N(C)c2ccc(C)cc2OCCCCCC(=O)Nc2ccncc2)c1N. The zero-order valence-electron chi connectivity index (χ0n) is 32.4. The number of nitrogens with one attached hydrogen (secondary N) is 2. The van der Waals surface area contributed by atoms with Gasteiger partial charge in [-0.15, -0.1) is 0 Å². The van der Waals surface area contributed by atoms with Gasteiger partial charge in [0.1, 0.15) is 17.1 Å². The molecule has 0 spiro atoms. The van der Waals surface area contributed by atoms with E-state index in [1.807, 2.05) is 25.1 Å². The van der Waals surface area contributed by atoms with Gasteiger partial charge in [-0.3, -0.25) is 19.4 Å². The second-order valence-electron chi connectivity index (χ2n) is 13.8. The lowest BCUT2D eigenvalue weighted by atomic mass is 9.98. The Kier molecular flexibility index (Phi) is 15.0. The molecule has 1 heterocycles. The van der Waals surface area contributed by atoms with Gasteiger partial charge in [0.05, 0.1) is 48.4 Å². The number of pyridine rings is 1. The zero-order valence-corrected chi connectivity index (χ0v) is 32.4. The number of ether oxygens (including phenoxy) is 4. The fourth-order valence-electron chi connectivity index (χ4n) is 5.58. The van der Waals surface area contributed by atoms with E-state index in [9.17, 15) is 19.2 Å². The van der Waals surface area contributed by atoms with E-state index < -0.39 is 23.4 Å². The molecule has 13 nitrogen and oxygen atoms in total. The number of unbranched alkanes of at least 4 members (excludes halogenated alkanes) is 2. The second-order valence-corrected chi connectivity index (χ2v) is 13.8. The molecule has 1 aromatic heterocycles. The maximum Gasteiger partial charge on any atom is 0.407 e. The van der Waals surface area contributed by atoms with E-state index in [2.05, 4.69) is 15.6 Å². The van der Waals surface area contributed by atoms with Crippen molar-refractivity contribution >= 4 is 40.8 Å². The van der Waals surface area contributed by atoms with Gasteiger partial charge in [0, 0.05) is 38.1 Å². The third-order valence-corrected chi connectivity index (χ3v) is 8.30. The Morgan fingerprint density at radius 2 is 1.51 bits per heavy atom. The molecule has 0 fully saturated rings. The van der Waals surface area contributed by atoms with Crippen LogP contribution in [0.4, 0.5) is 21.9 Å². The molecular weight excluding hydrogens is 702 g/mol. The van der Waals surface area contributed by atoms with Gasteiger partial charge in [0.15, 0.2) is 5.75 Å². The highest BCUT2D eigenvalue weighted by Gasteiger charge is 2.26. The highest BCUT2D eigenvalue weighted by Crippen LogP contribution is 2.36. The third-order valence-electron chi connectivity index (χ3n) is 8.30. The number of aromatic nitrogens is 1. The Balaban J connectivity index is 1.38. The summed E-state index contributed by atoms with van der Waals surface area (Å²) >= 11 is 0. The van der Waals surface area contributed by atoms with E-state index in [0.717, 1.165) is 12.0 Å². The number of hydrogen-bond acceptors (Lipinski definition) is 10. The number of methoxy groups -OCH3 is 1. The van der Waals surface area contributed by atoms with Gasteiger partial charge in [-0.05, 0) is 107 Å². The maximum absolute atomic E-state index is 13.9. The Labute approximate surface area is 322 Å². The van der Waals surface area contributed by atoms with Gasteiger partial charge in [-0.1, -0.05) is 18.2 Å². The monoisotopic (exact) mass is 753 g/mol. The van der Waals surface area contributed by atoms with Crippen LogP contribution in [0.2, 0.25) is 0 Å². The summed E-state index contributed by atoms with van der Waals surface area (Å²) in [5.74, 6) is 0.0629. The average molecular weight is 754 g/mol. The first kappa shape index (κ1) is 41.6. The number of nitrogens with zero attached hydrogens (tertiary/aromatic N) is 2. The summed E-state index contributed by atoms with van der Waals surface area (Å²) in [6, 6.07) is 18.9. The minimum Gasteiger partial charge on any atom is -0.494 e. The number of ketones is 1. The van der Waals surface area contributed by atoms with Crippen LogP contribution in [0, 0.1) is 6.92 Å². The molecule has 0 unspecified atom stereocenters. The van der Waals surface area contributed by atoms with Crippen molar-refractivity contribution in [1.82, 2.24) is 10.3 Å². The van der Waals surface area contributed by atoms with E-state index in [-0.39, 0.29) is 40.6 Å². The molecule has 4 N–H and O–H groups in total. The fraction of sp³-hybridized carbons (Fsp3) is 0.357. The number of hydrogen-bond donors (Lipinski definition) is 3. The maximum atomic E-state index is 13.9. The van der Waals surface area contributed by atoms with Crippen molar-refractivity contribution in [3.63, 3.8) is 0 Å². The van der Waals surface area contributed by atoms with E-state index >= 15 is 0 Å². The van der Waals surface area contributed by atoms with Gasteiger partial charge in [-0.25, -0.2) is 4.79 Å². The molecule has 4 aromatic rings. The van der Waals surface area contributed by atoms with Crippen LogP contribution in [0.5, 0.6) is 17.2 Å². The van der Waals surface area contributed by atoms with Crippen molar-refractivity contribution in [2.45, 2.75) is 65.4 Å². The third kappa shape index (κ3) is 12.2. The molecule has 292 valence electrons. The molecule has 0 atom stereocenters. The molecular formula is C42H51N5O8. The number of nitrogen functional groups attached to an aromatic ring is 1. The van der Waals surface area contributed by atoms with E-state index in [1.165, 1.54) is 24.1 Å². The Morgan fingerprint density at radius 3 is 2.24 bits per heavy atom. The predicted molar refractivity (Wildman–Crippen MR) is 212 cm³/mol. The molecule has 0 aliphatic heterocycles. The van der Waals surface area contributed by atoms with Crippen LogP contribution in [0.3, 0.4) is 0 Å². The van der Waals surface area contributed by atoms with Crippen molar-refractivity contribution in [3.05, 3.63) is 101 Å². The highest BCUT2D eigenvalue weighted by atomic mass is 16.6. The number of alkyl carbamates (subject to hydrolysis) is 1. The van der Waals surface area contributed by atoms with E-state index in [4.69, 9.17) is 24.7 Å². The van der Waals surface area contributed by atoms with Gasteiger partial charge in [0.25, 0.3) is 5.91 Å². The number of amides is 3. The van der Waals surface area contributed by atoms with Gasteiger partial charge in [-0.2, -0.15) is 0 Å². The van der Waals surface area contributed by atoms with Gasteiger partial charge in [0.2, 0.25) is 11.7 Å². The molecule has 0 bridgehead atoms. The number of aryl methyl sites for hydroxylation is 1. The smallest absolute Gasteiger partial charge is 0.407 e. The number of rotatable bonds is 18. The summed E-state index contributed by atoms with van der Waals surface area (Å²) in [6.07, 6.45) is 5.80. The van der Waals surface area contributed by atoms with Crippen molar-refractivity contribution < 1.29 is 38.1 Å². The van der Waals surface area contributed by atoms with E-state index in [0.29, 0.717) is 61.7 Å². The molecule has 0 radical (unpaired) electrons. The topological polar surface area (TPSA) is 171 Å². The molecule has 0 saturated carbocycles. The lowest BCUT2D eigenvalue weighted by Crippen LogP contribution is -2.33. The molecule has 0 aliphatic rings. The summed E-state index contributed by atoms with van der Waals surface area (Å²) in [7, 11) is 3.02. The zero-order chi connectivity index (χ0) is 40.0. The predicted octanol–water partition coefficient (Wildman–Crippen LogP) is 7.36. The van der Waals surface area contributed by atoms with Crippen molar-refractivity contribution in [1.29, 1.82) is 0 Å². The lowest BCUT2D eigenvalue weighted by molar-refractivity contribution is -0.116. The Morgan fingerprint density at radius 1 is 0.818 bits per heavy atom. The minimum atomic E-state index is -0.600. The first-order valence-corrected chi connectivity index (χ1v) is 18.2. The highest BCUT2D eigenvalue weighted by molar-refractivity contribution is 6.16. The number of carbonyl (C=O) groups is 4. The van der Waals surface area contributed by atoms with E-state index in [1.54, 1.807) is 76.6 Å². The summed E-state index contributed by atoms with van der Waals surface area (Å²) in [5.41, 5.74) is 8.75. The Bertz CT molecular complexity index is 1940. The number of nitrogens with two attached hydrogens (primary N) is 1. The first-order valence-electron chi connectivity index (χ1n) is 18.2. The molecule has 4 rings (SSSR count). The Hall–Kier alpha value is -6.11. The van der Waals surface area contributed by atoms with Gasteiger partial charge < -0.3 is 40.2 Å². The molecule has 3 amide bonds. The number of para-hydroxylation sites is 1. The largest absolute Gasteiger partial charge is 0.494 e. The normalized spacial score (nSPS) is 10.9. The van der Waals surface area contributed by atoms with Gasteiger partial charge >= 0.3 is 6.09 Å². The van der Waals surface area contributed by atoms with Crippen molar-refractivity contribution in [2.24, 2.45) is 0 Å². The fourth-order valence-corrected chi connectivity index (χ4v) is 5.58. The molecule has 13 heteroatoms. The molecule has 0 saturated heterocycles. The molecule has 3 aromatic carbocycles. The summed E-state index contributed by atoms with van der Waals surface area (Å²) < 4.78 is 22.9. The summed E-state index contributed by atoms with van der Waals surface area (Å²) in [5, 5.41) is 5.54. The van der Waals surface area contributed by atoms with Crippen molar-refractivity contribution in [2.75, 3.05) is 49.9 Å². The second kappa shape index (κ2) is 19.8.